The molecule has 0 aliphatic rings. The quantitative estimate of drug-likeness (QED) is 0.677. The van der Waals surface area contributed by atoms with E-state index in [1.165, 1.54) is 12.1 Å². The molecule has 72 valence electrons. The van der Waals surface area contributed by atoms with Crippen molar-refractivity contribution >= 4 is 11.6 Å². The van der Waals surface area contributed by atoms with E-state index in [0.29, 0.717) is 5.88 Å². The third-order valence-corrected chi connectivity index (χ3v) is 2.00. The number of nitrogens with zero attached hydrogens (tertiary/aromatic N) is 1. The van der Waals surface area contributed by atoms with Gasteiger partial charge in [-0.3, -0.25) is 0 Å². The SMILES string of the molecule is CN(CCCl)Cc1ccc(F)cc1. The summed E-state index contributed by atoms with van der Waals surface area (Å²) in [6.07, 6.45) is 0. The largest absolute Gasteiger partial charge is 0.301 e. The standard InChI is InChI=1S/C10H13ClFN/c1-13(7-6-11)8-9-2-4-10(12)5-3-9/h2-5H,6-8H2,1H3. The van der Waals surface area contributed by atoms with E-state index in [4.69, 9.17) is 11.6 Å². The zero-order valence-electron chi connectivity index (χ0n) is 7.63. The van der Waals surface area contributed by atoms with Gasteiger partial charge in [0.1, 0.15) is 5.82 Å². The second-order valence-electron chi connectivity index (χ2n) is 3.05. The average molecular weight is 202 g/mol. The molecule has 1 aromatic rings. The Morgan fingerprint density at radius 1 is 1.31 bits per heavy atom. The average Bonchev–Trinajstić information content (AvgIpc) is 2.09. The number of hydrogen-bond donors (Lipinski definition) is 0. The Morgan fingerprint density at radius 3 is 2.46 bits per heavy atom. The highest BCUT2D eigenvalue weighted by Crippen LogP contribution is 2.05. The molecule has 0 amide bonds. The molecule has 0 radical (unpaired) electrons. The van der Waals surface area contributed by atoms with E-state index in [1.54, 1.807) is 12.1 Å². The lowest BCUT2D eigenvalue weighted by Gasteiger charge is -2.14. The van der Waals surface area contributed by atoms with E-state index in [2.05, 4.69) is 4.90 Å². The van der Waals surface area contributed by atoms with Crippen LogP contribution in [0.4, 0.5) is 4.39 Å². The Hall–Kier alpha value is -0.600. The van der Waals surface area contributed by atoms with Crippen LogP contribution in [0.25, 0.3) is 0 Å². The monoisotopic (exact) mass is 201 g/mol. The maximum atomic E-state index is 12.5. The topological polar surface area (TPSA) is 3.24 Å². The molecule has 0 fully saturated rings. The fraction of sp³-hybridized carbons (Fsp3) is 0.400. The van der Waals surface area contributed by atoms with Crippen molar-refractivity contribution in [3.8, 4) is 0 Å². The smallest absolute Gasteiger partial charge is 0.123 e. The summed E-state index contributed by atoms with van der Waals surface area (Å²) in [5.74, 6) is 0.432. The first kappa shape index (κ1) is 10.5. The molecule has 0 aromatic heterocycles. The van der Waals surface area contributed by atoms with Gasteiger partial charge >= 0.3 is 0 Å². The van der Waals surface area contributed by atoms with Gasteiger partial charge in [0, 0.05) is 19.0 Å². The van der Waals surface area contributed by atoms with Gasteiger partial charge in [-0.05, 0) is 24.7 Å². The van der Waals surface area contributed by atoms with E-state index in [9.17, 15) is 4.39 Å². The molecule has 13 heavy (non-hydrogen) atoms. The highest BCUT2D eigenvalue weighted by Gasteiger charge is 1.98. The van der Waals surface area contributed by atoms with Gasteiger partial charge in [0.2, 0.25) is 0 Å². The Labute approximate surface area is 83.1 Å². The van der Waals surface area contributed by atoms with Gasteiger partial charge in [0.25, 0.3) is 0 Å². The number of benzene rings is 1. The fourth-order valence-electron chi connectivity index (χ4n) is 1.12. The van der Waals surface area contributed by atoms with Gasteiger partial charge in [0.15, 0.2) is 0 Å². The zero-order valence-corrected chi connectivity index (χ0v) is 8.39. The van der Waals surface area contributed by atoms with Crippen molar-refractivity contribution in [2.24, 2.45) is 0 Å². The minimum Gasteiger partial charge on any atom is -0.301 e. The molecule has 1 rings (SSSR count). The van der Waals surface area contributed by atoms with Crippen LogP contribution in [0.2, 0.25) is 0 Å². The van der Waals surface area contributed by atoms with Crippen molar-refractivity contribution < 1.29 is 4.39 Å². The van der Waals surface area contributed by atoms with Crippen LogP contribution < -0.4 is 0 Å². The fourth-order valence-corrected chi connectivity index (χ4v) is 1.41. The second kappa shape index (κ2) is 5.20. The van der Waals surface area contributed by atoms with Crippen molar-refractivity contribution in [3.63, 3.8) is 0 Å². The molecule has 0 spiro atoms. The van der Waals surface area contributed by atoms with Crippen LogP contribution in [0.1, 0.15) is 5.56 Å². The predicted octanol–water partition coefficient (Wildman–Crippen LogP) is 2.50. The van der Waals surface area contributed by atoms with Crippen molar-refractivity contribution in [2.75, 3.05) is 19.5 Å². The summed E-state index contributed by atoms with van der Waals surface area (Å²) in [5, 5.41) is 0. The van der Waals surface area contributed by atoms with Crippen molar-refractivity contribution in [1.82, 2.24) is 4.90 Å². The van der Waals surface area contributed by atoms with Crippen LogP contribution in [0.5, 0.6) is 0 Å². The number of halogens is 2. The van der Waals surface area contributed by atoms with E-state index in [0.717, 1.165) is 18.7 Å². The summed E-state index contributed by atoms with van der Waals surface area (Å²) >= 11 is 5.59. The minimum absolute atomic E-state index is 0.191. The molecule has 0 saturated carbocycles. The molecule has 0 atom stereocenters. The van der Waals surface area contributed by atoms with E-state index in [1.807, 2.05) is 7.05 Å². The van der Waals surface area contributed by atoms with Gasteiger partial charge in [-0.2, -0.15) is 0 Å². The molecule has 0 N–H and O–H groups in total. The highest BCUT2D eigenvalue weighted by molar-refractivity contribution is 6.18. The Balaban J connectivity index is 2.49. The molecule has 0 aliphatic heterocycles. The summed E-state index contributed by atoms with van der Waals surface area (Å²) in [6.45, 7) is 1.66. The molecule has 0 bridgehead atoms. The third kappa shape index (κ3) is 3.75. The number of alkyl halides is 1. The first-order valence-electron chi connectivity index (χ1n) is 4.21. The van der Waals surface area contributed by atoms with E-state index in [-0.39, 0.29) is 5.82 Å². The van der Waals surface area contributed by atoms with Gasteiger partial charge < -0.3 is 4.90 Å². The molecule has 0 heterocycles. The molecule has 1 aromatic carbocycles. The third-order valence-electron chi connectivity index (χ3n) is 1.83. The van der Waals surface area contributed by atoms with Crippen molar-refractivity contribution in [3.05, 3.63) is 35.6 Å². The molecular weight excluding hydrogens is 189 g/mol. The first-order valence-corrected chi connectivity index (χ1v) is 4.75. The van der Waals surface area contributed by atoms with Crippen molar-refractivity contribution in [2.45, 2.75) is 6.54 Å². The lowest BCUT2D eigenvalue weighted by Crippen LogP contribution is -2.19. The van der Waals surface area contributed by atoms with Crippen LogP contribution >= 0.6 is 11.6 Å². The van der Waals surface area contributed by atoms with E-state index < -0.39 is 0 Å². The van der Waals surface area contributed by atoms with Gasteiger partial charge in [-0.15, -0.1) is 11.6 Å². The van der Waals surface area contributed by atoms with Crippen molar-refractivity contribution in [1.29, 1.82) is 0 Å². The molecule has 1 nitrogen and oxygen atoms in total. The predicted molar refractivity (Wildman–Crippen MR) is 53.5 cm³/mol. The number of hydrogen-bond acceptors (Lipinski definition) is 1. The van der Waals surface area contributed by atoms with Gasteiger partial charge in [-0.1, -0.05) is 12.1 Å². The number of rotatable bonds is 4. The van der Waals surface area contributed by atoms with Gasteiger partial charge in [0.05, 0.1) is 0 Å². The Kier molecular flexibility index (Phi) is 4.19. The summed E-state index contributed by atoms with van der Waals surface area (Å²) in [5.41, 5.74) is 1.11. The Bertz CT molecular complexity index is 248. The maximum Gasteiger partial charge on any atom is 0.123 e. The molecule has 0 saturated heterocycles. The minimum atomic E-state index is -0.191. The van der Waals surface area contributed by atoms with Crippen LogP contribution in [0, 0.1) is 5.82 Å². The van der Waals surface area contributed by atoms with Crippen LogP contribution in [0.15, 0.2) is 24.3 Å². The Morgan fingerprint density at radius 2 is 1.92 bits per heavy atom. The van der Waals surface area contributed by atoms with Crippen LogP contribution in [-0.2, 0) is 6.54 Å². The van der Waals surface area contributed by atoms with Crippen LogP contribution in [0.3, 0.4) is 0 Å². The lowest BCUT2D eigenvalue weighted by atomic mass is 10.2. The van der Waals surface area contributed by atoms with Gasteiger partial charge in [-0.25, -0.2) is 4.39 Å². The second-order valence-corrected chi connectivity index (χ2v) is 3.43. The summed E-state index contributed by atoms with van der Waals surface area (Å²) in [7, 11) is 1.99. The van der Waals surface area contributed by atoms with Crippen LogP contribution in [-0.4, -0.2) is 24.4 Å². The summed E-state index contributed by atoms with van der Waals surface area (Å²) < 4.78 is 12.5. The molecule has 0 aliphatic carbocycles. The van der Waals surface area contributed by atoms with E-state index >= 15 is 0 Å². The molecule has 0 unspecified atom stereocenters. The maximum absolute atomic E-state index is 12.5. The first-order chi connectivity index (χ1) is 6.22. The summed E-state index contributed by atoms with van der Waals surface area (Å²) in [6, 6.07) is 6.54. The lowest BCUT2D eigenvalue weighted by molar-refractivity contribution is 0.347. The normalized spacial score (nSPS) is 10.8. The molecular formula is C10H13ClFN. The summed E-state index contributed by atoms with van der Waals surface area (Å²) in [4.78, 5) is 2.10. The highest BCUT2D eigenvalue weighted by atomic mass is 35.5. The zero-order chi connectivity index (χ0) is 9.68. The molecule has 3 heteroatoms.